The summed E-state index contributed by atoms with van der Waals surface area (Å²) in [5.41, 5.74) is 0.405. The maximum absolute atomic E-state index is 13.2. The Balaban J connectivity index is 1.34. The number of benzene rings is 1. The Labute approximate surface area is 214 Å². The van der Waals surface area contributed by atoms with Crippen molar-refractivity contribution in [2.75, 3.05) is 65.3 Å². The van der Waals surface area contributed by atoms with E-state index in [0.29, 0.717) is 56.5 Å². The van der Waals surface area contributed by atoms with Crippen LogP contribution < -0.4 is 20.1 Å². The molecule has 0 saturated carbocycles. The first kappa shape index (κ1) is 26.0. The van der Waals surface area contributed by atoms with Crippen LogP contribution in [0.3, 0.4) is 0 Å². The highest BCUT2D eigenvalue weighted by Crippen LogP contribution is 2.29. The summed E-state index contributed by atoms with van der Waals surface area (Å²) >= 11 is 0. The predicted octanol–water partition coefficient (Wildman–Crippen LogP) is 0.410. The van der Waals surface area contributed by atoms with Gasteiger partial charge in [-0.2, -0.15) is 0 Å². The lowest BCUT2D eigenvalue weighted by molar-refractivity contribution is -0.145. The van der Waals surface area contributed by atoms with Crippen molar-refractivity contribution < 1.29 is 33.1 Å². The SMILES string of the molecule is COc1ccc(OC)c(NC(=O)C[C@@H]2C(=O)NCCN2C(=O)CN2CCN(C(=O)c3ccco3)CC2)c1. The monoisotopic (exact) mass is 513 g/mol. The van der Waals surface area contributed by atoms with Crippen LogP contribution in [0.25, 0.3) is 0 Å². The van der Waals surface area contributed by atoms with Crippen LogP contribution in [0, 0.1) is 0 Å². The number of ether oxygens (including phenoxy) is 2. The molecular weight excluding hydrogens is 482 g/mol. The highest BCUT2D eigenvalue weighted by Gasteiger charge is 2.36. The van der Waals surface area contributed by atoms with Crippen LogP contribution >= 0.6 is 0 Å². The van der Waals surface area contributed by atoms with Crippen molar-refractivity contribution in [1.82, 2.24) is 20.0 Å². The van der Waals surface area contributed by atoms with E-state index in [4.69, 9.17) is 13.9 Å². The van der Waals surface area contributed by atoms with Crippen LogP contribution in [0.15, 0.2) is 41.0 Å². The molecule has 2 aliphatic rings. The topological polar surface area (TPSA) is 134 Å². The summed E-state index contributed by atoms with van der Waals surface area (Å²) in [6.07, 6.45) is 1.25. The van der Waals surface area contributed by atoms with Crippen molar-refractivity contribution in [1.29, 1.82) is 0 Å². The van der Waals surface area contributed by atoms with Gasteiger partial charge in [-0.15, -0.1) is 0 Å². The Hall–Kier alpha value is -4.06. The maximum atomic E-state index is 13.2. The number of amides is 4. The molecule has 12 heteroatoms. The van der Waals surface area contributed by atoms with Crippen LogP contribution in [-0.2, 0) is 14.4 Å². The lowest BCUT2D eigenvalue weighted by Gasteiger charge is -2.38. The van der Waals surface area contributed by atoms with E-state index < -0.39 is 11.9 Å². The van der Waals surface area contributed by atoms with E-state index in [2.05, 4.69) is 10.6 Å². The molecule has 1 aromatic heterocycles. The van der Waals surface area contributed by atoms with Gasteiger partial charge >= 0.3 is 0 Å². The summed E-state index contributed by atoms with van der Waals surface area (Å²) < 4.78 is 15.7. The molecule has 4 amide bonds. The lowest BCUT2D eigenvalue weighted by Crippen LogP contribution is -2.60. The number of furan rings is 1. The van der Waals surface area contributed by atoms with Gasteiger partial charge in [-0.05, 0) is 24.3 Å². The molecule has 2 aliphatic heterocycles. The molecule has 2 fully saturated rings. The van der Waals surface area contributed by atoms with Gasteiger partial charge < -0.3 is 34.3 Å². The van der Waals surface area contributed by atoms with E-state index in [1.807, 2.05) is 4.90 Å². The molecule has 2 N–H and O–H groups in total. The summed E-state index contributed by atoms with van der Waals surface area (Å²) in [5, 5.41) is 5.49. The van der Waals surface area contributed by atoms with Crippen LogP contribution in [0.4, 0.5) is 5.69 Å². The standard InChI is InChI=1S/C25H31N5O7/c1-35-17-5-6-20(36-2)18(14-17)27-22(31)15-19-24(33)26-7-8-30(19)23(32)16-28-9-11-29(12-10-28)25(34)21-4-3-13-37-21/h3-6,13-14,19H,7-12,15-16H2,1-2H3,(H,26,33)(H,27,31)/t19-/m1/s1. The van der Waals surface area contributed by atoms with Crippen molar-refractivity contribution in [3.63, 3.8) is 0 Å². The zero-order valence-corrected chi connectivity index (χ0v) is 20.9. The predicted molar refractivity (Wildman–Crippen MR) is 132 cm³/mol. The molecule has 1 aromatic carbocycles. The molecule has 1 atom stereocenters. The third-order valence-corrected chi connectivity index (χ3v) is 6.46. The van der Waals surface area contributed by atoms with E-state index in [9.17, 15) is 19.2 Å². The number of nitrogens with zero attached hydrogens (tertiary/aromatic N) is 3. The van der Waals surface area contributed by atoms with Gasteiger partial charge in [0.1, 0.15) is 17.5 Å². The molecule has 37 heavy (non-hydrogen) atoms. The third-order valence-electron chi connectivity index (χ3n) is 6.46. The molecule has 0 aliphatic carbocycles. The average Bonchev–Trinajstić information content (AvgIpc) is 3.45. The summed E-state index contributed by atoms with van der Waals surface area (Å²) in [6, 6.07) is 7.35. The first-order chi connectivity index (χ1) is 17.9. The minimum atomic E-state index is -0.931. The zero-order chi connectivity index (χ0) is 26.4. The Morgan fingerprint density at radius 1 is 1.08 bits per heavy atom. The fraction of sp³-hybridized carbons (Fsp3) is 0.440. The van der Waals surface area contributed by atoms with Gasteiger partial charge in [0, 0.05) is 45.3 Å². The molecule has 2 saturated heterocycles. The zero-order valence-electron chi connectivity index (χ0n) is 20.9. The molecule has 0 bridgehead atoms. The maximum Gasteiger partial charge on any atom is 0.289 e. The molecule has 12 nitrogen and oxygen atoms in total. The van der Waals surface area contributed by atoms with Crippen LogP contribution in [0.2, 0.25) is 0 Å². The van der Waals surface area contributed by atoms with Crippen molar-refractivity contribution in [2.24, 2.45) is 0 Å². The van der Waals surface area contributed by atoms with E-state index in [-0.39, 0.29) is 36.4 Å². The number of carbonyl (C=O) groups excluding carboxylic acids is 4. The van der Waals surface area contributed by atoms with Crippen LogP contribution in [0.5, 0.6) is 11.5 Å². The molecular formula is C25H31N5O7. The molecule has 4 rings (SSSR count). The summed E-state index contributed by atoms with van der Waals surface area (Å²) in [5.74, 6) is 0.0446. The van der Waals surface area contributed by atoms with Crippen LogP contribution in [-0.4, -0.2) is 104 Å². The summed E-state index contributed by atoms with van der Waals surface area (Å²) in [6.45, 7) is 2.67. The fourth-order valence-corrected chi connectivity index (χ4v) is 4.45. The highest BCUT2D eigenvalue weighted by atomic mass is 16.5. The van der Waals surface area contributed by atoms with Crippen LogP contribution in [0.1, 0.15) is 17.0 Å². The number of carbonyl (C=O) groups is 4. The number of rotatable bonds is 8. The molecule has 0 radical (unpaired) electrons. The Kier molecular flexibility index (Phi) is 8.29. The fourth-order valence-electron chi connectivity index (χ4n) is 4.45. The van der Waals surface area contributed by atoms with Gasteiger partial charge in [0.25, 0.3) is 5.91 Å². The summed E-state index contributed by atoms with van der Waals surface area (Å²) in [4.78, 5) is 56.3. The first-order valence-electron chi connectivity index (χ1n) is 12.0. The van der Waals surface area contributed by atoms with Crippen molar-refractivity contribution >= 4 is 29.3 Å². The number of hydrogen-bond acceptors (Lipinski definition) is 8. The molecule has 0 unspecified atom stereocenters. The van der Waals surface area contributed by atoms with Crippen molar-refractivity contribution in [2.45, 2.75) is 12.5 Å². The van der Waals surface area contributed by atoms with E-state index in [0.717, 1.165) is 0 Å². The average molecular weight is 514 g/mol. The number of hydrogen-bond donors (Lipinski definition) is 2. The minimum absolute atomic E-state index is 0.0951. The third kappa shape index (κ3) is 6.20. The van der Waals surface area contributed by atoms with Gasteiger partial charge in [-0.3, -0.25) is 24.1 Å². The number of nitrogens with one attached hydrogen (secondary N) is 2. The largest absolute Gasteiger partial charge is 0.497 e. The normalized spacial score (nSPS) is 18.2. The smallest absolute Gasteiger partial charge is 0.289 e. The minimum Gasteiger partial charge on any atom is -0.497 e. The van der Waals surface area contributed by atoms with Crippen molar-refractivity contribution in [3.8, 4) is 11.5 Å². The number of piperazine rings is 2. The quantitative estimate of drug-likeness (QED) is 0.519. The Morgan fingerprint density at radius 2 is 1.86 bits per heavy atom. The Morgan fingerprint density at radius 3 is 2.54 bits per heavy atom. The molecule has 2 aromatic rings. The van der Waals surface area contributed by atoms with E-state index in [1.165, 1.54) is 25.4 Å². The number of anilines is 1. The molecule has 0 spiro atoms. The number of methoxy groups -OCH3 is 2. The van der Waals surface area contributed by atoms with Gasteiger partial charge in [-0.1, -0.05) is 0 Å². The van der Waals surface area contributed by atoms with Gasteiger partial charge in [0.15, 0.2) is 5.76 Å². The first-order valence-corrected chi connectivity index (χ1v) is 12.0. The van der Waals surface area contributed by atoms with Gasteiger partial charge in [0.2, 0.25) is 17.7 Å². The molecule has 198 valence electrons. The van der Waals surface area contributed by atoms with Gasteiger partial charge in [0.05, 0.1) is 39.1 Å². The second kappa shape index (κ2) is 11.8. The summed E-state index contributed by atoms with van der Waals surface area (Å²) in [7, 11) is 3.00. The van der Waals surface area contributed by atoms with Gasteiger partial charge in [-0.25, -0.2) is 0 Å². The second-order valence-electron chi connectivity index (χ2n) is 8.76. The second-order valence-corrected chi connectivity index (χ2v) is 8.76. The lowest BCUT2D eigenvalue weighted by atomic mass is 10.1. The highest BCUT2D eigenvalue weighted by molar-refractivity contribution is 5.98. The Bertz CT molecular complexity index is 1130. The van der Waals surface area contributed by atoms with Crippen molar-refractivity contribution in [3.05, 3.63) is 42.4 Å². The van der Waals surface area contributed by atoms with E-state index in [1.54, 1.807) is 35.2 Å². The van der Waals surface area contributed by atoms with E-state index >= 15 is 0 Å². The molecule has 3 heterocycles.